The van der Waals surface area contributed by atoms with Crippen LogP contribution in [0.25, 0.3) is 11.5 Å². The minimum Gasteiger partial charge on any atom is -0.334 e. The highest BCUT2D eigenvalue weighted by Crippen LogP contribution is 2.32. The third-order valence-corrected chi connectivity index (χ3v) is 5.08. The minimum absolute atomic E-state index is 0.0508. The molecule has 0 N–H and O–H groups in total. The molecule has 1 saturated heterocycles. The summed E-state index contributed by atoms with van der Waals surface area (Å²) in [5, 5.41) is 4.76. The Morgan fingerprint density at radius 3 is 2.62 bits per heavy atom. The molecule has 0 spiro atoms. The van der Waals surface area contributed by atoms with Crippen molar-refractivity contribution in [3.05, 3.63) is 64.4 Å². The topological polar surface area (TPSA) is 59.2 Å². The summed E-state index contributed by atoms with van der Waals surface area (Å²) in [6.45, 7) is 4.65. The van der Waals surface area contributed by atoms with Crippen LogP contribution in [0, 0.1) is 13.8 Å². The van der Waals surface area contributed by atoms with E-state index in [0.717, 1.165) is 11.3 Å². The molecule has 0 radical (unpaired) electrons. The summed E-state index contributed by atoms with van der Waals surface area (Å²) in [6.07, 6.45) is 0.370. The van der Waals surface area contributed by atoms with Crippen molar-refractivity contribution in [3.63, 3.8) is 0 Å². The normalized spacial score (nSPS) is 17.1. The summed E-state index contributed by atoms with van der Waals surface area (Å²) in [5.41, 5.74) is 4.12. The van der Waals surface area contributed by atoms with Crippen LogP contribution < -0.4 is 4.90 Å². The van der Waals surface area contributed by atoms with Crippen molar-refractivity contribution in [1.82, 2.24) is 10.1 Å². The Labute approximate surface area is 156 Å². The van der Waals surface area contributed by atoms with Crippen LogP contribution in [0.15, 0.2) is 47.0 Å². The molecule has 2 aromatic carbocycles. The van der Waals surface area contributed by atoms with Gasteiger partial charge in [0.15, 0.2) is 5.82 Å². The van der Waals surface area contributed by atoms with Crippen molar-refractivity contribution in [2.45, 2.75) is 26.2 Å². The molecular weight excluding hydrogens is 350 g/mol. The summed E-state index contributed by atoms with van der Waals surface area (Å²) < 4.78 is 5.44. The van der Waals surface area contributed by atoms with Crippen molar-refractivity contribution in [2.75, 3.05) is 11.4 Å². The molecule has 2 heterocycles. The summed E-state index contributed by atoms with van der Waals surface area (Å²) in [7, 11) is 0. The zero-order chi connectivity index (χ0) is 18.3. The third-order valence-electron chi connectivity index (χ3n) is 4.82. The van der Waals surface area contributed by atoms with Gasteiger partial charge in [-0.2, -0.15) is 4.98 Å². The maximum atomic E-state index is 12.4. The van der Waals surface area contributed by atoms with Crippen LogP contribution in [0.1, 0.15) is 29.3 Å². The van der Waals surface area contributed by atoms with Gasteiger partial charge in [-0.25, -0.2) is 0 Å². The summed E-state index contributed by atoms with van der Waals surface area (Å²) in [4.78, 5) is 18.7. The average molecular weight is 368 g/mol. The Morgan fingerprint density at radius 1 is 1.12 bits per heavy atom. The number of hydrogen-bond donors (Lipinski definition) is 0. The van der Waals surface area contributed by atoms with Crippen LogP contribution in [0.4, 0.5) is 5.69 Å². The fraction of sp³-hybridized carbons (Fsp3) is 0.250. The SMILES string of the molecule is Cc1ccc(-c2nc([C@H]3CC(=O)N(c4ccc(Cl)cc4)C3)no2)cc1C. The van der Waals surface area contributed by atoms with Gasteiger partial charge in [-0.05, 0) is 61.4 Å². The van der Waals surface area contributed by atoms with E-state index in [1.807, 2.05) is 30.3 Å². The lowest BCUT2D eigenvalue weighted by Crippen LogP contribution is -2.24. The van der Waals surface area contributed by atoms with Gasteiger partial charge in [-0.3, -0.25) is 4.79 Å². The molecule has 26 heavy (non-hydrogen) atoms. The van der Waals surface area contributed by atoms with E-state index in [-0.39, 0.29) is 11.8 Å². The molecule has 5 nitrogen and oxygen atoms in total. The predicted octanol–water partition coefficient (Wildman–Crippen LogP) is 4.53. The molecule has 1 amide bonds. The Hall–Kier alpha value is -2.66. The van der Waals surface area contributed by atoms with Gasteiger partial charge in [0.2, 0.25) is 5.91 Å². The van der Waals surface area contributed by atoms with Crippen molar-refractivity contribution < 1.29 is 9.32 Å². The molecule has 4 rings (SSSR count). The number of carbonyl (C=O) groups excluding carboxylic acids is 1. The first-order chi connectivity index (χ1) is 12.5. The molecule has 0 aliphatic carbocycles. The Bertz CT molecular complexity index is 965. The van der Waals surface area contributed by atoms with E-state index in [1.165, 1.54) is 11.1 Å². The highest BCUT2D eigenvalue weighted by Gasteiger charge is 2.34. The number of benzene rings is 2. The smallest absolute Gasteiger partial charge is 0.257 e. The standard InChI is InChI=1S/C20H18ClN3O2/c1-12-3-4-14(9-13(12)2)20-22-19(23-26-20)15-10-18(25)24(11-15)17-7-5-16(21)6-8-17/h3-9,15H,10-11H2,1-2H3/t15-/m0/s1. The fourth-order valence-electron chi connectivity index (χ4n) is 3.14. The number of aryl methyl sites for hydroxylation is 2. The number of nitrogens with zero attached hydrogens (tertiary/aromatic N) is 3. The van der Waals surface area contributed by atoms with Crippen molar-refractivity contribution in [2.24, 2.45) is 0 Å². The van der Waals surface area contributed by atoms with E-state index in [2.05, 4.69) is 24.0 Å². The molecule has 0 saturated carbocycles. The summed E-state index contributed by atoms with van der Waals surface area (Å²) in [6, 6.07) is 13.3. The third kappa shape index (κ3) is 3.10. The zero-order valence-corrected chi connectivity index (χ0v) is 15.3. The molecular formula is C20H18ClN3O2. The number of carbonyl (C=O) groups is 1. The van der Waals surface area contributed by atoms with E-state index in [0.29, 0.717) is 29.7 Å². The molecule has 1 aromatic heterocycles. The predicted molar refractivity (Wildman–Crippen MR) is 100 cm³/mol. The molecule has 132 valence electrons. The molecule has 1 atom stereocenters. The van der Waals surface area contributed by atoms with Gasteiger partial charge in [0.1, 0.15) is 0 Å². The highest BCUT2D eigenvalue weighted by atomic mass is 35.5. The van der Waals surface area contributed by atoms with Crippen LogP contribution in [0.5, 0.6) is 0 Å². The Morgan fingerprint density at radius 2 is 1.88 bits per heavy atom. The molecule has 1 aliphatic heterocycles. The minimum atomic E-state index is -0.0813. The Balaban J connectivity index is 1.55. The van der Waals surface area contributed by atoms with E-state index in [1.54, 1.807) is 17.0 Å². The molecule has 1 fully saturated rings. The monoisotopic (exact) mass is 367 g/mol. The van der Waals surface area contributed by atoms with Gasteiger partial charge in [0.25, 0.3) is 5.89 Å². The number of hydrogen-bond acceptors (Lipinski definition) is 4. The van der Waals surface area contributed by atoms with Crippen molar-refractivity contribution >= 4 is 23.2 Å². The van der Waals surface area contributed by atoms with E-state index < -0.39 is 0 Å². The van der Waals surface area contributed by atoms with Gasteiger partial charge in [0.05, 0.1) is 0 Å². The number of aromatic nitrogens is 2. The van der Waals surface area contributed by atoms with Crippen LogP contribution in [-0.2, 0) is 4.79 Å². The van der Waals surface area contributed by atoms with Crippen LogP contribution in [0.2, 0.25) is 5.02 Å². The first kappa shape index (κ1) is 16.8. The molecule has 0 bridgehead atoms. The molecule has 6 heteroatoms. The molecule has 0 unspecified atom stereocenters. The van der Waals surface area contributed by atoms with Gasteiger partial charge >= 0.3 is 0 Å². The number of halogens is 1. The number of anilines is 1. The van der Waals surface area contributed by atoms with E-state index >= 15 is 0 Å². The summed E-state index contributed by atoms with van der Waals surface area (Å²) in [5.74, 6) is 1.03. The largest absolute Gasteiger partial charge is 0.334 e. The van der Waals surface area contributed by atoms with Crippen LogP contribution >= 0.6 is 11.6 Å². The van der Waals surface area contributed by atoms with Gasteiger partial charge in [0, 0.05) is 35.2 Å². The lowest BCUT2D eigenvalue weighted by Gasteiger charge is -2.16. The van der Waals surface area contributed by atoms with Gasteiger partial charge < -0.3 is 9.42 Å². The van der Waals surface area contributed by atoms with Crippen LogP contribution in [0.3, 0.4) is 0 Å². The first-order valence-corrected chi connectivity index (χ1v) is 8.86. The number of rotatable bonds is 3. The molecule has 3 aromatic rings. The second-order valence-corrected chi connectivity index (χ2v) is 7.08. The maximum Gasteiger partial charge on any atom is 0.257 e. The number of amides is 1. The lowest BCUT2D eigenvalue weighted by atomic mass is 10.1. The Kier molecular flexibility index (Phi) is 4.24. The van der Waals surface area contributed by atoms with Crippen molar-refractivity contribution in [3.8, 4) is 11.5 Å². The second kappa shape index (κ2) is 6.57. The first-order valence-electron chi connectivity index (χ1n) is 8.48. The van der Waals surface area contributed by atoms with Gasteiger partial charge in [-0.15, -0.1) is 0 Å². The molecule has 1 aliphatic rings. The summed E-state index contributed by atoms with van der Waals surface area (Å²) >= 11 is 5.93. The van der Waals surface area contributed by atoms with Crippen molar-refractivity contribution in [1.29, 1.82) is 0 Å². The maximum absolute atomic E-state index is 12.4. The highest BCUT2D eigenvalue weighted by molar-refractivity contribution is 6.30. The quantitative estimate of drug-likeness (QED) is 0.682. The van der Waals surface area contributed by atoms with E-state index in [4.69, 9.17) is 16.1 Å². The van der Waals surface area contributed by atoms with Gasteiger partial charge in [-0.1, -0.05) is 22.8 Å². The lowest BCUT2D eigenvalue weighted by molar-refractivity contribution is -0.117. The second-order valence-electron chi connectivity index (χ2n) is 6.64. The van der Waals surface area contributed by atoms with Crippen LogP contribution in [-0.4, -0.2) is 22.6 Å². The fourth-order valence-corrected chi connectivity index (χ4v) is 3.27. The zero-order valence-electron chi connectivity index (χ0n) is 14.6. The van der Waals surface area contributed by atoms with E-state index in [9.17, 15) is 4.79 Å². The average Bonchev–Trinajstić information content (AvgIpc) is 3.25.